The van der Waals surface area contributed by atoms with E-state index in [0.717, 1.165) is 15.7 Å². The van der Waals surface area contributed by atoms with Crippen LogP contribution in [0.5, 0.6) is 5.75 Å². The van der Waals surface area contributed by atoms with Crippen LogP contribution in [-0.4, -0.2) is 21.6 Å². The second kappa shape index (κ2) is 9.74. The second-order valence-electron chi connectivity index (χ2n) is 7.86. The average molecular weight is 461 g/mol. The third kappa shape index (κ3) is 4.76. The van der Waals surface area contributed by atoms with Crippen molar-refractivity contribution < 1.29 is 13.9 Å². The van der Waals surface area contributed by atoms with Gasteiger partial charge in [0.25, 0.3) is 5.56 Å². The van der Waals surface area contributed by atoms with E-state index in [0.29, 0.717) is 28.9 Å². The van der Waals surface area contributed by atoms with Gasteiger partial charge in [0.1, 0.15) is 18.1 Å². The van der Waals surface area contributed by atoms with Gasteiger partial charge in [0.15, 0.2) is 0 Å². The Bertz CT molecular complexity index is 1460. The molecular formula is C26H24FN3O4. The largest absolute Gasteiger partial charge is 0.494 e. The number of carbonyl (C=O) groups is 1. The van der Waals surface area contributed by atoms with Crippen molar-refractivity contribution in [2.75, 3.05) is 6.61 Å². The minimum Gasteiger partial charge on any atom is -0.494 e. The Morgan fingerprint density at radius 1 is 1.00 bits per heavy atom. The summed E-state index contributed by atoms with van der Waals surface area (Å²) >= 11 is 0. The van der Waals surface area contributed by atoms with E-state index in [9.17, 15) is 18.8 Å². The predicted molar refractivity (Wildman–Crippen MR) is 128 cm³/mol. The Morgan fingerprint density at radius 3 is 2.38 bits per heavy atom. The van der Waals surface area contributed by atoms with Gasteiger partial charge in [-0.2, -0.15) is 0 Å². The summed E-state index contributed by atoms with van der Waals surface area (Å²) in [5.41, 5.74) is 1.25. The number of ether oxygens (including phenoxy) is 1. The fourth-order valence-corrected chi connectivity index (χ4v) is 3.73. The zero-order chi connectivity index (χ0) is 24.2. The van der Waals surface area contributed by atoms with E-state index in [1.165, 1.54) is 16.7 Å². The number of nitrogens with zero attached hydrogens (tertiary/aromatic N) is 2. The molecule has 0 radical (unpaired) electrons. The summed E-state index contributed by atoms with van der Waals surface area (Å²) in [6.07, 6.45) is 0. The number of aromatic nitrogens is 2. The highest BCUT2D eigenvalue weighted by Crippen LogP contribution is 2.16. The van der Waals surface area contributed by atoms with Crippen LogP contribution in [0, 0.1) is 12.7 Å². The number of fused-ring (bicyclic) bond motifs is 1. The molecule has 1 amide bonds. The molecule has 4 rings (SSSR count). The van der Waals surface area contributed by atoms with Crippen LogP contribution < -0.4 is 21.3 Å². The minimum atomic E-state index is -0.623. The molecule has 0 aliphatic rings. The normalized spacial score (nSPS) is 10.9. The molecular weight excluding hydrogens is 437 g/mol. The van der Waals surface area contributed by atoms with E-state index in [-0.39, 0.29) is 18.9 Å². The van der Waals surface area contributed by atoms with Crippen molar-refractivity contribution >= 4 is 16.8 Å². The van der Waals surface area contributed by atoms with E-state index >= 15 is 0 Å². The van der Waals surface area contributed by atoms with E-state index in [1.807, 2.05) is 13.8 Å². The topological polar surface area (TPSA) is 82.3 Å². The van der Waals surface area contributed by atoms with Crippen molar-refractivity contribution in [3.63, 3.8) is 0 Å². The molecule has 0 saturated carbocycles. The molecule has 0 unspecified atom stereocenters. The summed E-state index contributed by atoms with van der Waals surface area (Å²) < 4.78 is 20.9. The lowest BCUT2D eigenvalue weighted by molar-refractivity contribution is -0.121. The van der Waals surface area contributed by atoms with Gasteiger partial charge in [-0.3, -0.25) is 14.2 Å². The SMILES string of the molecule is CCOc1ccc(-n2c(=O)c3cc(C)ccc3n(CC(=O)NCc3ccc(F)cc3)c2=O)cc1. The zero-order valence-corrected chi connectivity index (χ0v) is 18.9. The van der Waals surface area contributed by atoms with Crippen LogP contribution in [0.2, 0.25) is 0 Å². The highest BCUT2D eigenvalue weighted by Gasteiger charge is 2.17. The maximum Gasteiger partial charge on any atom is 0.336 e. The van der Waals surface area contributed by atoms with E-state index in [4.69, 9.17) is 4.74 Å². The van der Waals surface area contributed by atoms with Gasteiger partial charge in [-0.1, -0.05) is 23.8 Å². The molecule has 4 aromatic rings. The van der Waals surface area contributed by atoms with Crippen LogP contribution in [0.25, 0.3) is 16.6 Å². The van der Waals surface area contributed by atoms with Crippen LogP contribution in [0.3, 0.4) is 0 Å². The third-order valence-corrected chi connectivity index (χ3v) is 5.41. The molecule has 0 spiro atoms. The van der Waals surface area contributed by atoms with Gasteiger partial charge in [-0.05, 0) is 67.9 Å². The number of nitrogens with one attached hydrogen (secondary N) is 1. The molecule has 1 aromatic heterocycles. The molecule has 174 valence electrons. The molecule has 34 heavy (non-hydrogen) atoms. The van der Waals surface area contributed by atoms with Crippen molar-refractivity contribution in [1.29, 1.82) is 0 Å². The van der Waals surface area contributed by atoms with Gasteiger partial charge in [-0.25, -0.2) is 13.8 Å². The lowest BCUT2D eigenvalue weighted by Crippen LogP contribution is -2.41. The summed E-state index contributed by atoms with van der Waals surface area (Å²) in [6.45, 7) is 4.11. The molecule has 0 atom stereocenters. The second-order valence-corrected chi connectivity index (χ2v) is 7.86. The Morgan fingerprint density at radius 2 is 1.71 bits per heavy atom. The Balaban J connectivity index is 1.73. The number of hydrogen-bond acceptors (Lipinski definition) is 4. The first-order chi connectivity index (χ1) is 16.4. The molecule has 0 bridgehead atoms. The van der Waals surface area contributed by atoms with Gasteiger partial charge in [0.2, 0.25) is 5.91 Å². The molecule has 7 nitrogen and oxygen atoms in total. The molecule has 1 heterocycles. The predicted octanol–water partition coefficient (Wildman–Crippen LogP) is 3.32. The summed E-state index contributed by atoms with van der Waals surface area (Å²) in [5.74, 6) is -0.151. The van der Waals surface area contributed by atoms with E-state index < -0.39 is 17.2 Å². The number of halogens is 1. The van der Waals surface area contributed by atoms with Gasteiger partial charge >= 0.3 is 5.69 Å². The zero-order valence-electron chi connectivity index (χ0n) is 18.9. The maximum atomic E-state index is 13.4. The van der Waals surface area contributed by atoms with Gasteiger partial charge < -0.3 is 10.1 Å². The van der Waals surface area contributed by atoms with Crippen molar-refractivity contribution in [3.8, 4) is 11.4 Å². The van der Waals surface area contributed by atoms with E-state index in [1.54, 1.807) is 54.6 Å². The van der Waals surface area contributed by atoms with Crippen molar-refractivity contribution in [2.24, 2.45) is 0 Å². The number of rotatable bonds is 7. The van der Waals surface area contributed by atoms with Crippen molar-refractivity contribution in [1.82, 2.24) is 14.5 Å². The monoisotopic (exact) mass is 461 g/mol. The van der Waals surface area contributed by atoms with Gasteiger partial charge in [0, 0.05) is 6.54 Å². The average Bonchev–Trinajstić information content (AvgIpc) is 2.83. The molecule has 8 heteroatoms. The van der Waals surface area contributed by atoms with Gasteiger partial charge in [-0.15, -0.1) is 0 Å². The number of amides is 1. The number of benzene rings is 3. The molecule has 1 N–H and O–H groups in total. The Kier molecular flexibility index (Phi) is 6.58. The first-order valence-electron chi connectivity index (χ1n) is 10.9. The molecule has 0 aliphatic heterocycles. The fourth-order valence-electron chi connectivity index (χ4n) is 3.73. The Hall–Kier alpha value is -4.20. The number of hydrogen-bond donors (Lipinski definition) is 1. The maximum absolute atomic E-state index is 13.4. The smallest absolute Gasteiger partial charge is 0.336 e. The first kappa shape index (κ1) is 23.0. The Labute approximate surface area is 195 Å². The highest BCUT2D eigenvalue weighted by molar-refractivity contribution is 5.82. The van der Waals surface area contributed by atoms with Crippen LogP contribution in [0.15, 0.2) is 76.3 Å². The number of carbonyl (C=O) groups excluding carboxylic acids is 1. The summed E-state index contributed by atoms with van der Waals surface area (Å²) in [6, 6.07) is 17.6. The van der Waals surface area contributed by atoms with Crippen LogP contribution in [-0.2, 0) is 17.9 Å². The standard InChI is InChI=1S/C26H24FN3O4/c1-3-34-21-11-9-20(10-12-21)30-25(32)22-14-17(2)4-13-23(22)29(26(30)33)16-24(31)28-15-18-5-7-19(27)8-6-18/h4-14H,3,15-16H2,1-2H3,(H,28,31). The quantitative estimate of drug-likeness (QED) is 0.458. The molecule has 3 aromatic carbocycles. The molecule has 0 aliphatic carbocycles. The number of aryl methyl sites for hydroxylation is 1. The van der Waals surface area contributed by atoms with Crippen LogP contribution >= 0.6 is 0 Å². The molecule has 0 saturated heterocycles. The summed E-state index contributed by atoms with van der Waals surface area (Å²) in [7, 11) is 0. The summed E-state index contributed by atoms with van der Waals surface area (Å²) in [5, 5.41) is 3.07. The fraction of sp³-hybridized carbons (Fsp3) is 0.192. The van der Waals surface area contributed by atoms with Gasteiger partial charge in [0.05, 0.1) is 23.2 Å². The van der Waals surface area contributed by atoms with Crippen molar-refractivity contribution in [3.05, 3.63) is 105 Å². The summed E-state index contributed by atoms with van der Waals surface area (Å²) in [4.78, 5) is 39.4. The molecule has 0 fully saturated rings. The lowest BCUT2D eigenvalue weighted by Gasteiger charge is -2.15. The lowest BCUT2D eigenvalue weighted by atomic mass is 10.1. The van der Waals surface area contributed by atoms with Crippen LogP contribution in [0.1, 0.15) is 18.1 Å². The third-order valence-electron chi connectivity index (χ3n) is 5.41. The first-order valence-corrected chi connectivity index (χ1v) is 10.9. The van der Waals surface area contributed by atoms with Crippen LogP contribution in [0.4, 0.5) is 4.39 Å². The van der Waals surface area contributed by atoms with E-state index in [2.05, 4.69) is 5.32 Å². The minimum absolute atomic E-state index is 0.184. The van der Waals surface area contributed by atoms with Crippen molar-refractivity contribution in [2.45, 2.75) is 26.9 Å². The highest BCUT2D eigenvalue weighted by atomic mass is 19.1.